The number of ether oxygens (including phenoxy) is 1. The molecule has 1 fully saturated rings. The van der Waals surface area contributed by atoms with Crippen molar-refractivity contribution in [2.45, 2.75) is 32.7 Å². The van der Waals surface area contributed by atoms with Crippen LogP contribution in [0.3, 0.4) is 0 Å². The molecule has 0 spiro atoms. The van der Waals surface area contributed by atoms with Gasteiger partial charge >= 0.3 is 0 Å². The molecule has 27 heavy (non-hydrogen) atoms. The number of amides is 2. The predicted octanol–water partition coefficient (Wildman–Crippen LogP) is 2.14. The van der Waals surface area contributed by atoms with Gasteiger partial charge < -0.3 is 15.0 Å². The van der Waals surface area contributed by atoms with Crippen LogP contribution >= 0.6 is 11.6 Å². The smallest absolute Gasteiger partial charge is 0.229 e. The lowest BCUT2D eigenvalue weighted by atomic mass is 10.1. The van der Waals surface area contributed by atoms with Crippen molar-refractivity contribution in [1.29, 1.82) is 0 Å². The lowest BCUT2D eigenvalue weighted by Gasteiger charge is -2.35. The Morgan fingerprint density at radius 1 is 1.33 bits per heavy atom. The van der Waals surface area contributed by atoms with Gasteiger partial charge in [-0.05, 0) is 31.5 Å². The van der Waals surface area contributed by atoms with Gasteiger partial charge in [-0.2, -0.15) is 0 Å². The summed E-state index contributed by atoms with van der Waals surface area (Å²) >= 11 is 5.99. The molecule has 1 aliphatic rings. The maximum atomic E-state index is 12.7. The third-order valence-corrected chi connectivity index (χ3v) is 4.74. The van der Waals surface area contributed by atoms with Gasteiger partial charge in [-0.3, -0.25) is 9.59 Å². The Kier molecular flexibility index (Phi) is 6.08. The molecule has 0 aliphatic carbocycles. The maximum absolute atomic E-state index is 12.7. The zero-order valence-electron chi connectivity index (χ0n) is 15.2. The molecule has 9 heteroatoms. The van der Waals surface area contributed by atoms with Gasteiger partial charge in [0.2, 0.25) is 11.8 Å². The highest BCUT2D eigenvalue weighted by Gasteiger charge is 2.30. The number of nitrogens with zero attached hydrogens (tertiary/aromatic N) is 3. The fourth-order valence-corrected chi connectivity index (χ4v) is 3.12. The molecule has 1 aliphatic heterocycles. The van der Waals surface area contributed by atoms with E-state index in [4.69, 9.17) is 16.3 Å². The molecule has 1 N–H and O–H groups in total. The van der Waals surface area contributed by atoms with Gasteiger partial charge in [-0.25, -0.2) is 4.63 Å². The van der Waals surface area contributed by atoms with Crippen LogP contribution in [0.5, 0.6) is 0 Å². The van der Waals surface area contributed by atoms with Gasteiger partial charge in [0, 0.05) is 23.7 Å². The Hall–Kier alpha value is -2.45. The predicted molar refractivity (Wildman–Crippen MR) is 98.5 cm³/mol. The molecule has 144 valence electrons. The van der Waals surface area contributed by atoms with E-state index in [0.717, 1.165) is 5.56 Å². The maximum Gasteiger partial charge on any atom is 0.229 e. The Bertz CT molecular complexity index is 839. The number of hydrogen-bond acceptors (Lipinski definition) is 6. The van der Waals surface area contributed by atoms with E-state index in [1.165, 1.54) is 0 Å². The summed E-state index contributed by atoms with van der Waals surface area (Å²) in [7, 11) is 0. The third kappa shape index (κ3) is 4.84. The normalized spacial score (nSPS) is 17.0. The van der Waals surface area contributed by atoms with Crippen LogP contribution in [0.25, 0.3) is 0 Å². The molecule has 2 amide bonds. The summed E-state index contributed by atoms with van der Waals surface area (Å²) in [5, 5.41) is 10.8. The van der Waals surface area contributed by atoms with E-state index < -0.39 is 0 Å². The number of aryl methyl sites for hydroxylation is 2. The van der Waals surface area contributed by atoms with Crippen LogP contribution in [-0.2, 0) is 20.7 Å². The fourth-order valence-electron chi connectivity index (χ4n) is 2.95. The summed E-state index contributed by atoms with van der Waals surface area (Å²) in [6.45, 7) is 4.80. The molecule has 2 heterocycles. The Balaban J connectivity index is 1.64. The number of carbonyl (C=O) groups excluding carboxylic acids is 2. The van der Waals surface area contributed by atoms with Crippen LogP contribution in [0.15, 0.2) is 22.8 Å². The van der Waals surface area contributed by atoms with Crippen molar-refractivity contribution in [1.82, 2.24) is 15.2 Å². The monoisotopic (exact) mass is 392 g/mol. The first kappa shape index (κ1) is 19.3. The van der Waals surface area contributed by atoms with Crippen molar-refractivity contribution in [3.63, 3.8) is 0 Å². The van der Waals surface area contributed by atoms with E-state index in [1.54, 1.807) is 24.0 Å². The molecule has 0 bridgehead atoms. The fraction of sp³-hybridized carbons (Fsp3) is 0.444. The Morgan fingerprint density at radius 3 is 2.89 bits per heavy atom. The minimum Gasteiger partial charge on any atom is -0.377 e. The van der Waals surface area contributed by atoms with Crippen molar-refractivity contribution < 1.29 is 19.0 Å². The summed E-state index contributed by atoms with van der Waals surface area (Å²) in [4.78, 5) is 26.8. The summed E-state index contributed by atoms with van der Waals surface area (Å²) in [5.74, 6) is -0.332. The standard InChI is InChI=1S/C18H21ClN4O4/c1-11-3-4-13(19)7-15(11)20-17(24)8-14-10-26-6-5-23(14)18(25)9-16-12(2)21-27-22-16/h3-4,7,14H,5-6,8-10H2,1-2H3,(H,20,24). The average Bonchev–Trinajstić information content (AvgIpc) is 3.03. The van der Waals surface area contributed by atoms with Crippen molar-refractivity contribution in [3.8, 4) is 0 Å². The molecule has 1 aromatic carbocycles. The first-order chi connectivity index (χ1) is 12.9. The molecule has 1 atom stereocenters. The molecular weight excluding hydrogens is 372 g/mol. The molecule has 1 saturated heterocycles. The Labute approximate surface area is 161 Å². The molecule has 1 aromatic heterocycles. The quantitative estimate of drug-likeness (QED) is 0.837. The SMILES string of the molecule is Cc1ccc(Cl)cc1NC(=O)CC1COCCN1C(=O)Cc1nonc1C. The molecule has 3 rings (SSSR count). The van der Waals surface area contributed by atoms with Crippen LogP contribution in [0.4, 0.5) is 5.69 Å². The van der Waals surface area contributed by atoms with E-state index in [-0.39, 0.29) is 30.7 Å². The average molecular weight is 393 g/mol. The highest BCUT2D eigenvalue weighted by Crippen LogP contribution is 2.21. The number of nitrogens with one attached hydrogen (secondary N) is 1. The lowest BCUT2D eigenvalue weighted by Crippen LogP contribution is -2.50. The van der Waals surface area contributed by atoms with Gasteiger partial charge in [-0.1, -0.05) is 28.0 Å². The second-order valence-electron chi connectivity index (χ2n) is 6.50. The number of aromatic nitrogens is 2. The van der Waals surface area contributed by atoms with Crippen molar-refractivity contribution in [3.05, 3.63) is 40.2 Å². The Morgan fingerprint density at radius 2 is 2.15 bits per heavy atom. The van der Waals surface area contributed by atoms with Crippen molar-refractivity contribution in [2.75, 3.05) is 25.1 Å². The molecule has 2 aromatic rings. The van der Waals surface area contributed by atoms with Crippen molar-refractivity contribution >= 4 is 29.1 Å². The van der Waals surface area contributed by atoms with Gasteiger partial charge in [0.05, 0.1) is 25.7 Å². The van der Waals surface area contributed by atoms with Crippen molar-refractivity contribution in [2.24, 2.45) is 0 Å². The van der Waals surface area contributed by atoms with Gasteiger partial charge in [0.1, 0.15) is 11.4 Å². The summed E-state index contributed by atoms with van der Waals surface area (Å²) in [5.41, 5.74) is 2.66. The van der Waals surface area contributed by atoms with Gasteiger partial charge in [-0.15, -0.1) is 0 Å². The van der Waals surface area contributed by atoms with E-state index in [9.17, 15) is 9.59 Å². The molecule has 0 saturated carbocycles. The van der Waals surface area contributed by atoms with Crippen LogP contribution in [0, 0.1) is 13.8 Å². The topological polar surface area (TPSA) is 97.6 Å². The number of carbonyl (C=O) groups is 2. The number of benzene rings is 1. The second-order valence-corrected chi connectivity index (χ2v) is 6.94. The van der Waals surface area contributed by atoms with Crippen LogP contribution in [-0.4, -0.2) is 52.8 Å². The highest BCUT2D eigenvalue weighted by atomic mass is 35.5. The minimum absolute atomic E-state index is 0.0842. The minimum atomic E-state index is -0.342. The number of morpholine rings is 1. The number of halogens is 1. The highest BCUT2D eigenvalue weighted by molar-refractivity contribution is 6.31. The zero-order valence-corrected chi connectivity index (χ0v) is 16.0. The molecule has 8 nitrogen and oxygen atoms in total. The lowest BCUT2D eigenvalue weighted by molar-refractivity contribution is -0.140. The van der Waals surface area contributed by atoms with E-state index >= 15 is 0 Å². The van der Waals surface area contributed by atoms with Gasteiger partial charge in [0.25, 0.3) is 0 Å². The number of anilines is 1. The van der Waals surface area contributed by atoms with E-state index in [2.05, 4.69) is 20.3 Å². The van der Waals surface area contributed by atoms with Crippen LogP contribution in [0.1, 0.15) is 23.4 Å². The van der Waals surface area contributed by atoms with E-state index in [1.807, 2.05) is 13.0 Å². The number of rotatable bonds is 5. The summed E-state index contributed by atoms with van der Waals surface area (Å²) in [6, 6.07) is 4.97. The third-order valence-electron chi connectivity index (χ3n) is 4.51. The molecule has 0 radical (unpaired) electrons. The summed E-state index contributed by atoms with van der Waals surface area (Å²) < 4.78 is 10.1. The molecule has 1 unspecified atom stereocenters. The largest absolute Gasteiger partial charge is 0.377 e. The second kappa shape index (κ2) is 8.49. The summed E-state index contributed by atoms with van der Waals surface area (Å²) in [6.07, 6.45) is 0.217. The van der Waals surface area contributed by atoms with Gasteiger partial charge in [0.15, 0.2) is 0 Å². The molecular formula is C18H21ClN4O4. The first-order valence-electron chi connectivity index (χ1n) is 8.65. The number of hydrogen-bond donors (Lipinski definition) is 1. The van der Waals surface area contributed by atoms with Crippen LogP contribution in [0.2, 0.25) is 5.02 Å². The van der Waals surface area contributed by atoms with Crippen LogP contribution < -0.4 is 5.32 Å². The van der Waals surface area contributed by atoms with E-state index in [0.29, 0.717) is 41.9 Å². The first-order valence-corrected chi connectivity index (χ1v) is 9.03. The zero-order chi connectivity index (χ0) is 19.4.